The van der Waals surface area contributed by atoms with Gasteiger partial charge in [-0.2, -0.15) is 0 Å². The number of hydrogen-bond acceptors (Lipinski definition) is 2. The Bertz CT molecular complexity index is 408. The molecule has 1 aromatic carbocycles. The van der Waals surface area contributed by atoms with Crippen molar-refractivity contribution in [1.82, 2.24) is 10.2 Å². The normalized spacial score (nSPS) is 18.7. The van der Waals surface area contributed by atoms with E-state index in [1.54, 1.807) is 0 Å². The van der Waals surface area contributed by atoms with Crippen LogP contribution in [-0.2, 0) is 6.54 Å². The van der Waals surface area contributed by atoms with Gasteiger partial charge in [-0.05, 0) is 50.0 Å². The number of rotatable bonds is 6. The highest BCUT2D eigenvalue weighted by Gasteiger charge is 2.31. The molecule has 1 saturated carbocycles. The summed E-state index contributed by atoms with van der Waals surface area (Å²) in [5.74, 6) is 0. The lowest BCUT2D eigenvalue weighted by molar-refractivity contribution is 0.144. The minimum Gasteiger partial charge on any atom is -0.319 e. The molecule has 1 fully saturated rings. The summed E-state index contributed by atoms with van der Waals surface area (Å²) in [7, 11) is 4.37. The van der Waals surface area contributed by atoms with Crippen LogP contribution in [0, 0.1) is 5.41 Å². The summed E-state index contributed by atoms with van der Waals surface area (Å²) in [5, 5.41) is 3.45. The highest BCUT2D eigenvalue weighted by molar-refractivity contribution is 9.10. The second kappa shape index (κ2) is 8.30. The molecule has 0 atom stereocenters. The predicted molar refractivity (Wildman–Crippen MR) is 94.5 cm³/mol. The molecule has 0 unspecified atom stereocenters. The summed E-state index contributed by atoms with van der Waals surface area (Å²) in [4.78, 5) is 2.51. The molecule has 1 N–H and O–H groups in total. The van der Waals surface area contributed by atoms with Crippen LogP contribution in [0.4, 0.5) is 0 Å². The molecule has 1 aliphatic rings. The minimum absolute atomic E-state index is 0.468. The lowest BCUT2D eigenvalue weighted by Crippen LogP contribution is -2.41. The van der Waals surface area contributed by atoms with Crippen LogP contribution in [-0.4, -0.2) is 32.1 Å². The van der Waals surface area contributed by atoms with Gasteiger partial charge < -0.3 is 10.2 Å². The Labute approximate surface area is 138 Å². The molecular weight excluding hydrogens is 324 g/mol. The zero-order valence-corrected chi connectivity index (χ0v) is 15.1. The lowest BCUT2D eigenvalue weighted by Gasteiger charge is -2.36. The van der Waals surface area contributed by atoms with E-state index in [9.17, 15) is 0 Å². The fourth-order valence-corrected chi connectivity index (χ4v) is 4.04. The SMILES string of the molecule is CNCC1(CN(C)Cc2ccc(Br)cc2)CCCCCC1. The van der Waals surface area contributed by atoms with E-state index in [0.29, 0.717) is 5.41 Å². The summed E-state index contributed by atoms with van der Waals surface area (Å²) in [6.45, 7) is 3.39. The first kappa shape index (κ1) is 17.0. The third-order valence-electron chi connectivity index (χ3n) is 4.69. The number of nitrogens with zero attached hydrogens (tertiary/aromatic N) is 1. The Morgan fingerprint density at radius 3 is 2.29 bits per heavy atom. The van der Waals surface area contributed by atoms with Gasteiger partial charge in [0, 0.05) is 24.1 Å². The van der Waals surface area contributed by atoms with E-state index in [4.69, 9.17) is 0 Å². The van der Waals surface area contributed by atoms with Crippen LogP contribution in [0.25, 0.3) is 0 Å². The maximum atomic E-state index is 3.51. The molecule has 0 radical (unpaired) electrons. The standard InChI is InChI=1S/C18H29BrN2/c1-20-14-18(11-5-3-4-6-12-18)15-21(2)13-16-7-9-17(19)10-8-16/h7-10,20H,3-6,11-15H2,1-2H3. The first-order valence-corrected chi connectivity index (χ1v) is 9.00. The zero-order valence-electron chi connectivity index (χ0n) is 13.5. The molecule has 2 rings (SSSR count). The molecule has 0 bridgehead atoms. The summed E-state index contributed by atoms with van der Waals surface area (Å²) < 4.78 is 1.16. The van der Waals surface area contributed by atoms with Gasteiger partial charge in [0.1, 0.15) is 0 Å². The van der Waals surface area contributed by atoms with Crippen molar-refractivity contribution in [1.29, 1.82) is 0 Å². The van der Waals surface area contributed by atoms with E-state index in [1.165, 1.54) is 50.6 Å². The van der Waals surface area contributed by atoms with E-state index in [2.05, 4.69) is 64.5 Å². The summed E-state index contributed by atoms with van der Waals surface area (Å²) in [6, 6.07) is 8.72. The second-order valence-corrected chi connectivity index (χ2v) is 7.66. The highest BCUT2D eigenvalue weighted by Crippen LogP contribution is 2.35. The molecule has 21 heavy (non-hydrogen) atoms. The fraction of sp³-hybridized carbons (Fsp3) is 0.667. The largest absolute Gasteiger partial charge is 0.319 e. The first-order chi connectivity index (χ1) is 10.1. The topological polar surface area (TPSA) is 15.3 Å². The van der Waals surface area contributed by atoms with Gasteiger partial charge in [0.15, 0.2) is 0 Å². The Balaban J connectivity index is 1.96. The molecule has 0 amide bonds. The Morgan fingerprint density at radius 2 is 1.71 bits per heavy atom. The molecule has 0 spiro atoms. The number of benzene rings is 1. The van der Waals surface area contributed by atoms with Crippen molar-refractivity contribution < 1.29 is 0 Å². The molecule has 3 heteroatoms. The third-order valence-corrected chi connectivity index (χ3v) is 5.22. The second-order valence-electron chi connectivity index (χ2n) is 6.74. The van der Waals surface area contributed by atoms with Gasteiger partial charge in [-0.3, -0.25) is 0 Å². The van der Waals surface area contributed by atoms with E-state index in [1.807, 2.05) is 0 Å². The molecule has 2 nitrogen and oxygen atoms in total. The maximum Gasteiger partial charge on any atom is 0.0230 e. The maximum absolute atomic E-state index is 3.51. The van der Waals surface area contributed by atoms with Crippen LogP contribution < -0.4 is 5.32 Å². The van der Waals surface area contributed by atoms with Gasteiger partial charge in [0.25, 0.3) is 0 Å². The number of nitrogens with one attached hydrogen (secondary N) is 1. The van der Waals surface area contributed by atoms with Crippen LogP contribution in [0.1, 0.15) is 44.1 Å². The summed E-state index contributed by atoms with van der Waals surface area (Å²) in [5.41, 5.74) is 1.86. The van der Waals surface area contributed by atoms with Crippen molar-refractivity contribution >= 4 is 15.9 Å². The molecule has 118 valence electrons. The van der Waals surface area contributed by atoms with Crippen molar-refractivity contribution in [3.63, 3.8) is 0 Å². The summed E-state index contributed by atoms with van der Waals surface area (Å²) >= 11 is 3.51. The van der Waals surface area contributed by atoms with Gasteiger partial charge in [-0.1, -0.05) is 53.7 Å². The van der Waals surface area contributed by atoms with Crippen molar-refractivity contribution in [2.75, 3.05) is 27.2 Å². The number of hydrogen-bond donors (Lipinski definition) is 1. The molecule has 1 aliphatic carbocycles. The minimum atomic E-state index is 0.468. The first-order valence-electron chi connectivity index (χ1n) is 8.21. The third kappa shape index (κ3) is 5.39. The van der Waals surface area contributed by atoms with Crippen LogP contribution in [0.2, 0.25) is 0 Å². The molecular formula is C18H29BrN2. The molecule has 0 aliphatic heterocycles. The average Bonchev–Trinajstić information content (AvgIpc) is 2.67. The van der Waals surface area contributed by atoms with Gasteiger partial charge in [0.05, 0.1) is 0 Å². The molecule has 0 aromatic heterocycles. The predicted octanol–water partition coefficient (Wildman–Crippen LogP) is 4.44. The molecule has 1 aromatic rings. The zero-order chi connectivity index (χ0) is 15.1. The van der Waals surface area contributed by atoms with E-state index < -0.39 is 0 Å². The fourth-order valence-electron chi connectivity index (χ4n) is 3.77. The molecule has 0 heterocycles. The molecule has 0 saturated heterocycles. The van der Waals surface area contributed by atoms with Crippen molar-refractivity contribution in [2.45, 2.75) is 45.1 Å². The van der Waals surface area contributed by atoms with Crippen molar-refractivity contribution in [3.05, 3.63) is 34.3 Å². The van der Waals surface area contributed by atoms with Crippen molar-refractivity contribution in [3.8, 4) is 0 Å². The van der Waals surface area contributed by atoms with Gasteiger partial charge in [0.2, 0.25) is 0 Å². The van der Waals surface area contributed by atoms with E-state index >= 15 is 0 Å². The average molecular weight is 353 g/mol. The van der Waals surface area contributed by atoms with Gasteiger partial charge in [-0.15, -0.1) is 0 Å². The smallest absolute Gasteiger partial charge is 0.0230 e. The Morgan fingerprint density at radius 1 is 1.10 bits per heavy atom. The monoisotopic (exact) mass is 352 g/mol. The quantitative estimate of drug-likeness (QED) is 0.761. The van der Waals surface area contributed by atoms with E-state index in [-0.39, 0.29) is 0 Å². The van der Waals surface area contributed by atoms with Crippen LogP contribution >= 0.6 is 15.9 Å². The van der Waals surface area contributed by atoms with Gasteiger partial charge in [-0.25, -0.2) is 0 Å². The highest BCUT2D eigenvalue weighted by atomic mass is 79.9. The Kier molecular flexibility index (Phi) is 6.72. The lowest BCUT2D eigenvalue weighted by atomic mass is 9.79. The van der Waals surface area contributed by atoms with Crippen LogP contribution in [0.15, 0.2) is 28.7 Å². The van der Waals surface area contributed by atoms with Gasteiger partial charge >= 0.3 is 0 Å². The Hall–Kier alpha value is -0.380. The summed E-state index contributed by atoms with van der Waals surface area (Å²) in [6.07, 6.45) is 8.38. The number of halogens is 1. The van der Waals surface area contributed by atoms with Crippen molar-refractivity contribution in [2.24, 2.45) is 5.41 Å². The van der Waals surface area contributed by atoms with E-state index in [0.717, 1.165) is 17.6 Å². The van der Waals surface area contributed by atoms with Crippen LogP contribution in [0.5, 0.6) is 0 Å². The van der Waals surface area contributed by atoms with Crippen LogP contribution in [0.3, 0.4) is 0 Å².